The second-order valence-electron chi connectivity index (χ2n) is 5.72. The summed E-state index contributed by atoms with van der Waals surface area (Å²) < 4.78 is 2.35. The monoisotopic (exact) mass is 288 g/mol. The highest BCUT2D eigenvalue weighted by molar-refractivity contribution is 7.11. The summed E-state index contributed by atoms with van der Waals surface area (Å²) in [4.78, 5) is 10.8. The van der Waals surface area contributed by atoms with Gasteiger partial charge in [-0.2, -0.15) is 0 Å². The molecule has 2 aliphatic rings. The number of imidazole rings is 1. The van der Waals surface area contributed by atoms with Crippen molar-refractivity contribution in [1.82, 2.24) is 19.9 Å². The lowest BCUT2D eigenvalue weighted by molar-refractivity contribution is 0.566. The molecule has 2 aliphatic carbocycles. The molecule has 1 unspecified atom stereocenters. The second kappa shape index (κ2) is 4.97. The van der Waals surface area contributed by atoms with Crippen molar-refractivity contribution in [3.05, 3.63) is 33.8 Å². The minimum Gasteiger partial charge on any atom is -0.330 e. The van der Waals surface area contributed by atoms with Crippen LogP contribution in [0.25, 0.3) is 0 Å². The predicted octanol–water partition coefficient (Wildman–Crippen LogP) is 2.86. The first kappa shape index (κ1) is 12.5. The summed E-state index contributed by atoms with van der Waals surface area (Å²) in [6.07, 6.45) is 10.2. The van der Waals surface area contributed by atoms with Crippen molar-refractivity contribution >= 4 is 11.3 Å². The van der Waals surface area contributed by atoms with Gasteiger partial charge in [0.05, 0.1) is 23.9 Å². The number of thiazole rings is 1. The highest BCUT2D eigenvalue weighted by atomic mass is 32.1. The van der Waals surface area contributed by atoms with Crippen LogP contribution in [-0.4, -0.2) is 21.1 Å². The Balaban J connectivity index is 1.70. The normalized spacial score (nSPS) is 19.2. The van der Waals surface area contributed by atoms with E-state index in [9.17, 15) is 0 Å². The summed E-state index contributed by atoms with van der Waals surface area (Å²) >= 11 is 1.89. The first-order valence-corrected chi connectivity index (χ1v) is 8.42. The number of aryl methyl sites for hydroxylation is 2. The largest absolute Gasteiger partial charge is 0.330 e. The molecule has 2 aromatic heterocycles. The van der Waals surface area contributed by atoms with E-state index in [1.54, 1.807) is 0 Å². The van der Waals surface area contributed by atoms with Crippen molar-refractivity contribution in [2.75, 3.05) is 6.54 Å². The molecule has 1 saturated carbocycles. The number of hydrogen-bond acceptors (Lipinski definition) is 4. The Labute approximate surface area is 123 Å². The van der Waals surface area contributed by atoms with Gasteiger partial charge in [0.1, 0.15) is 11.0 Å². The molecule has 0 aromatic carbocycles. The van der Waals surface area contributed by atoms with Gasteiger partial charge in [-0.25, -0.2) is 9.97 Å². The lowest BCUT2D eigenvalue weighted by Gasteiger charge is -2.17. The average Bonchev–Trinajstić information content (AvgIpc) is 2.88. The standard InChI is InChI=1S/C15H20N4S/c1-2-17-14(12-8-16-9-19(12)10-6-7-10)15-18-11-4-3-5-13(11)20-15/h8-10,14,17H,2-7H2,1H3. The van der Waals surface area contributed by atoms with E-state index in [1.165, 1.54) is 47.0 Å². The zero-order valence-corrected chi connectivity index (χ0v) is 12.6. The number of fused-ring (bicyclic) bond motifs is 1. The molecule has 106 valence electrons. The minimum atomic E-state index is 0.207. The van der Waals surface area contributed by atoms with Crippen LogP contribution in [-0.2, 0) is 12.8 Å². The SMILES string of the molecule is CCNC(c1nc2c(s1)CCC2)c1cncn1C1CC1. The molecule has 0 bridgehead atoms. The van der Waals surface area contributed by atoms with Gasteiger partial charge in [0.25, 0.3) is 0 Å². The van der Waals surface area contributed by atoms with E-state index < -0.39 is 0 Å². The Hall–Kier alpha value is -1.20. The van der Waals surface area contributed by atoms with E-state index in [1.807, 2.05) is 23.9 Å². The smallest absolute Gasteiger partial charge is 0.116 e. The van der Waals surface area contributed by atoms with Crippen molar-refractivity contribution in [1.29, 1.82) is 0 Å². The lowest BCUT2D eigenvalue weighted by atomic mass is 10.2. The second-order valence-corrected chi connectivity index (χ2v) is 6.84. The number of aromatic nitrogens is 3. The number of nitrogens with zero attached hydrogens (tertiary/aromatic N) is 3. The van der Waals surface area contributed by atoms with Crippen LogP contribution in [0.15, 0.2) is 12.5 Å². The molecule has 1 N–H and O–H groups in total. The molecule has 1 atom stereocenters. The van der Waals surface area contributed by atoms with Crippen LogP contribution >= 0.6 is 11.3 Å². The van der Waals surface area contributed by atoms with E-state index in [-0.39, 0.29) is 6.04 Å². The third-order valence-electron chi connectivity index (χ3n) is 4.20. The molecule has 1 fully saturated rings. The van der Waals surface area contributed by atoms with Gasteiger partial charge in [0, 0.05) is 10.9 Å². The predicted molar refractivity (Wildman–Crippen MR) is 80.2 cm³/mol. The van der Waals surface area contributed by atoms with Crippen LogP contribution in [0, 0.1) is 0 Å². The average molecular weight is 288 g/mol. The van der Waals surface area contributed by atoms with Crippen molar-refractivity contribution in [2.45, 2.75) is 51.1 Å². The van der Waals surface area contributed by atoms with Gasteiger partial charge >= 0.3 is 0 Å². The molecule has 5 heteroatoms. The fraction of sp³-hybridized carbons (Fsp3) is 0.600. The van der Waals surface area contributed by atoms with Crippen LogP contribution < -0.4 is 5.32 Å². The molecule has 4 nitrogen and oxygen atoms in total. The highest BCUT2D eigenvalue weighted by Gasteiger charge is 2.30. The minimum absolute atomic E-state index is 0.207. The number of nitrogens with one attached hydrogen (secondary N) is 1. The van der Waals surface area contributed by atoms with Gasteiger partial charge in [0.15, 0.2) is 0 Å². The Kier molecular flexibility index (Phi) is 3.11. The molecule has 0 spiro atoms. The first-order valence-electron chi connectivity index (χ1n) is 7.60. The summed E-state index contributed by atoms with van der Waals surface area (Å²) in [7, 11) is 0. The maximum atomic E-state index is 4.90. The van der Waals surface area contributed by atoms with Gasteiger partial charge in [-0.15, -0.1) is 11.3 Å². The highest BCUT2D eigenvalue weighted by Crippen LogP contribution is 2.39. The molecule has 20 heavy (non-hydrogen) atoms. The van der Waals surface area contributed by atoms with E-state index in [0.717, 1.165) is 13.0 Å². The molecule has 0 radical (unpaired) electrons. The zero-order chi connectivity index (χ0) is 13.5. The van der Waals surface area contributed by atoms with Crippen LogP contribution in [0.2, 0.25) is 0 Å². The molecular weight excluding hydrogens is 268 g/mol. The maximum absolute atomic E-state index is 4.90. The third-order valence-corrected chi connectivity index (χ3v) is 5.42. The van der Waals surface area contributed by atoms with E-state index in [0.29, 0.717) is 6.04 Å². The number of rotatable bonds is 5. The first-order chi connectivity index (χ1) is 9.86. The van der Waals surface area contributed by atoms with Crippen LogP contribution in [0.3, 0.4) is 0 Å². The van der Waals surface area contributed by atoms with Gasteiger partial charge in [0.2, 0.25) is 0 Å². The molecule has 0 amide bonds. The van der Waals surface area contributed by atoms with Crippen LogP contribution in [0.4, 0.5) is 0 Å². The molecule has 2 heterocycles. The van der Waals surface area contributed by atoms with Crippen LogP contribution in [0.1, 0.15) is 59.5 Å². The summed E-state index contributed by atoms with van der Waals surface area (Å²) in [5, 5.41) is 4.82. The fourth-order valence-electron chi connectivity index (χ4n) is 3.05. The quantitative estimate of drug-likeness (QED) is 0.920. The summed E-state index contributed by atoms with van der Waals surface area (Å²) in [5.74, 6) is 0. The van der Waals surface area contributed by atoms with Gasteiger partial charge in [-0.3, -0.25) is 0 Å². The van der Waals surface area contributed by atoms with Gasteiger partial charge < -0.3 is 9.88 Å². The zero-order valence-electron chi connectivity index (χ0n) is 11.8. The number of hydrogen-bond donors (Lipinski definition) is 1. The Morgan fingerprint density at radius 1 is 1.45 bits per heavy atom. The Bertz CT molecular complexity index is 590. The van der Waals surface area contributed by atoms with Gasteiger partial charge in [-0.05, 0) is 38.6 Å². The summed E-state index contributed by atoms with van der Waals surface area (Å²) in [5.41, 5.74) is 2.62. The van der Waals surface area contributed by atoms with Crippen molar-refractivity contribution in [3.8, 4) is 0 Å². The molecule has 0 aliphatic heterocycles. The summed E-state index contributed by atoms with van der Waals surface area (Å²) in [6.45, 7) is 3.11. The molecule has 4 rings (SSSR count). The van der Waals surface area contributed by atoms with Crippen molar-refractivity contribution < 1.29 is 0 Å². The third kappa shape index (κ3) is 2.09. The Morgan fingerprint density at radius 3 is 3.10 bits per heavy atom. The Morgan fingerprint density at radius 2 is 2.35 bits per heavy atom. The van der Waals surface area contributed by atoms with E-state index in [4.69, 9.17) is 4.98 Å². The molecular formula is C15H20N4S. The molecule has 2 aromatic rings. The van der Waals surface area contributed by atoms with E-state index >= 15 is 0 Å². The summed E-state index contributed by atoms with van der Waals surface area (Å²) in [6, 6.07) is 0.874. The van der Waals surface area contributed by atoms with Crippen molar-refractivity contribution in [3.63, 3.8) is 0 Å². The topological polar surface area (TPSA) is 42.7 Å². The fourth-order valence-corrected chi connectivity index (χ4v) is 4.29. The molecule has 0 saturated heterocycles. The maximum Gasteiger partial charge on any atom is 0.116 e. The van der Waals surface area contributed by atoms with E-state index in [2.05, 4.69) is 21.8 Å². The lowest BCUT2D eigenvalue weighted by Crippen LogP contribution is -2.24. The van der Waals surface area contributed by atoms with Gasteiger partial charge in [-0.1, -0.05) is 6.92 Å². The van der Waals surface area contributed by atoms with Crippen molar-refractivity contribution in [2.24, 2.45) is 0 Å². The van der Waals surface area contributed by atoms with Crippen LogP contribution in [0.5, 0.6) is 0 Å².